The van der Waals surface area contributed by atoms with E-state index in [1.54, 1.807) is 0 Å². The summed E-state index contributed by atoms with van der Waals surface area (Å²) in [6.45, 7) is 2.83. The summed E-state index contributed by atoms with van der Waals surface area (Å²) in [6, 6.07) is 16.1. The maximum absolute atomic E-state index is 8.72. The minimum Gasteiger partial charge on any atom is -0.409 e. The molecule has 0 heterocycles. The van der Waals surface area contributed by atoms with Gasteiger partial charge in [0, 0.05) is 24.8 Å². The molecule has 0 spiro atoms. The van der Waals surface area contributed by atoms with Crippen LogP contribution in [0.1, 0.15) is 16.7 Å². The van der Waals surface area contributed by atoms with E-state index in [0.29, 0.717) is 0 Å². The molecule has 20 heavy (non-hydrogen) atoms. The predicted octanol–water partition coefficient (Wildman–Crippen LogP) is 2.73. The number of aryl methyl sites for hydroxylation is 1. The van der Waals surface area contributed by atoms with Gasteiger partial charge in [-0.15, -0.1) is 0 Å². The molecular weight excluding hydrogens is 250 g/mol. The molecule has 0 fully saturated rings. The Kier molecular flexibility index (Phi) is 4.25. The van der Waals surface area contributed by atoms with Crippen LogP contribution in [0.3, 0.4) is 0 Å². The Hall–Kier alpha value is -2.49. The van der Waals surface area contributed by atoms with E-state index in [2.05, 4.69) is 41.2 Å². The summed E-state index contributed by atoms with van der Waals surface area (Å²) < 4.78 is 0. The molecule has 0 aromatic heterocycles. The zero-order valence-electron chi connectivity index (χ0n) is 11.7. The van der Waals surface area contributed by atoms with Crippen LogP contribution in [-0.4, -0.2) is 18.1 Å². The molecule has 4 nitrogen and oxygen atoms in total. The summed E-state index contributed by atoms with van der Waals surface area (Å²) in [4.78, 5) is 2.16. The predicted molar refractivity (Wildman–Crippen MR) is 82.2 cm³/mol. The molecule has 0 unspecified atom stereocenters. The second-order valence-electron chi connectivity index (χ2n) is 4.88. The summed E-state index contributed by atoms with van der Waals surface area (Å²) in [5, 5.41) is 11.7. The quantitative estimate of drug-likeness (QED) is 0.388. The molecule has 0 aliphatic heterocycles. The minimum atomic E-state index is 0.129. The molecule has 0 aliphatic carbocycles. The number of oxime groups is 1. The van der Waals surface area contributed by atoms with Crippen LogP contribution < -0.4 is 10.6 Å². The first-order valence-corrected chi connectivity index (χ1v) is 6.45. The third-order valence-corrected chi connectivity index (χ3v) is 3.22. The molecule has 104 valence electrons. The van der Waals surface area contributed by atoms with Crippen molar-refractivity contribution in [2.45, 2.75) is 13.5 Å². The molecule has 3 N–H and O–H groups in total. The van der Waals surface area contributed by atoms with Gasteiger partial charge < -0.3 is 15.8 Å². The summed E-state index contributed by atoms with van der Waals surface area (Å²) >= 11 is 0. The van der Waals surface area contributed by atoms with E-state index in [4.69, 9.17) is 10.9 Å². The van der Waals surface area contributed by atoms with Crippen LogP contribution in [0.2, 0.25) is 0 Å². The van der Waals surface area contributed by atoms with Gasteiger partial charge in [0.25, 0.3) is 0 Å². The van der Waals surface area contributed by atoms with Crippen molar-refractivity contribution in [3.05, 3.63) is 65.2 Å². The smallest absolute Gasteiger partial charge is 0.170 e. The van der Waals surface area contributed by atoms with Gasteiger partial charge in [0.15, 0.2) is 5.84 Å². The van der Waals surface area contributed by atoms with Crippen molar-refractivity contribution >= 4 is 11.5 Å². The number of amidine groups is 1. The molecular formula is C16H19N3O. The Bertz CT molecular complexity index is 605. The number of rotatable bonds is 4. The van der Waals surface area contributed by atoms with Gasteiger partial charge in [-0.05, 0) is 30.7 Å². The Morgan fingerprint density at radius 3 is 2.55 bits per heavy atom. The Labute approximate surface area is 119 Å². The fourth-order valence-electron chi connectivity index (χ4n) is 2.05. The van der Waals surface area contributed by atoms with Crippen molar-refractivity contribution in [1.29, 1.82) is 0 Å². The lowest BCUT2D eigenvalue weighted by atomic mass is 10.1. The second-order valence-corrected chi connectivity index (χ2v) is 4.88. The third-order valence-electron chi connectivity index (χ3n) is 3.22. The highest BCUT2D eigenvalue weighted by Crippen LogP contribution is 2.16. The van der Waals surface area contributed by atoms with Gasteiger partial charge >= 0.3 is 0 Å². The third kappa shape index (κ3) is 3.29. The summed E-state index contributed by atoms with van der Waals surface area (Å²) in [6.07, 6.45) is 0. The topological polar surface area (TPSA) is 61.8 Å². The second kappa shape index (κ2) is 6.10. The molecule has 2 aromatic carbocycles. The molecule has 0 amide bonds. The normalized spacial score (nSPS) is 11.4. The lowest BCUT2D eigenvalue weighted by Gasteiger charge is -2.20. The van der Waals surface area contributed by atoms with E-state index < -0.39 is 0 Å². The maximum atomic E-state index is 8.72. The lowest BCUT2D eigenvalue weighted by molar-refractivity contribution is 0.318. The first kappa shape index (κ1) is 13.9. The van der Waals surface area contributed by atoms with Crippen molar-refractivity contribution in [1.82, 2.24) is 0 Å². The van der Waals surface area contributed by atoms with E-state index >= 15 is 0 Å². The van der Waals surface area contributed by atoms with Gasteiger partial charge in [0.05, 0.1) is 0 Å². The highest BCUT2D eigenvalue weighted by atomic mass is 16.4. The van der Waals surface area contributed by atoms with Gasteiger partial charge in [0.2, 0.25) is 0 Å². The average Bonchev–Trinajstić information content (AvgIpc) is 2.47. The lowest BCUT2D eigenvalue weighted by Crippen LogP contribution is -2.17. The summed E-state index contributed by atoms with van der Waals surface area (Å²) in [5.74, 6) is 0.129. The molecule has 2 aromatic rings. The Morgan fingerprint density at radius 2 is 1.90 bits per heavy atom. The van der Waals surface area contributed by atoms with E-state index in [0.717, 1.165) is 23.4 Å². The molecule has 0 bridgehead atoms. The molecule has 0 saturated heterocycles. The molecule has 2 rings (SSSR count). The van der Waals surface area contributed by atoms with Crippen LogP contribution >= 0.6 is 0 Å². The van der Waals surface area contributed by atoms with Gasteiger partial charge in [0.1, 0.15) is 0 Å². The van der Waals surface area contributed by atoms with Crippen LogP contribution in [0.4, 0.5) is 5.69 Å². The fourth-order valence-corrected chi connectivity index (χ4v) is 2.05. The first-order chi connectivity index (χ1) is 9.60. The maximum Gasteiger partial charge on any atom is 0.170 e. The summed E-state index contributed by atoms with van der Waals surface area (Å²) in [5.41, 5.74) is 9.84. The van der Waals surface area contributed by atoms with Crippen molar-refractivity contribution in [2.75, 3.05) is 11.9 Å². The summed E-state index contributed by atoms with van der Waals surface area (Å²) in [7, 11) is 2.04. The monoisotopic (exact) mass is 269 g/mol. The van der Waals surface area contributed by atoms with Crippen molar-refractivity contribution < 1.29 is 5.21 Å². The molecule has 0 aliphatic rings. The Morgan fingerprint density at radius 1 is 1.20 bits per heavy atom. The molecule has 4 heteroatoms. The molecule has 0 atom stereocenters. The van der Waals surface area contributed by atoms with Gasteiger partial charge in [-0.2, -0.15) is 0 Å². The van der Waals surface area contributed by atoms with Crippen LogP contribution in [0.5, 0.6) is 0 Å². The molecule has 0 radical (unpaired) electrons. The Balaban J connectivity index is 2.15. The van der Waals surface area contributed by atoms with Crippen LogP contribution in [0.25, 0.3) is 0 Å². The van der Waals surface area contributed by atoms with Gasteiger partial charge in [-0.25, -0.2) is 0 Å². The van der Waals surface area contributed by atoms with Gasteiger partial charge in [-0.3, -0.25) is 0 Å². The number of benzene rings is 2. The largest absolute Gasteiger partial charge is 0.409 e. The van der Waals surface area contributed by atoms with E-state index in [1.807, 2.05) is 31.3 Å². The van der Waals surface area contributed by atoms with Crippen LogP contribution in [-0.2, 0) is 6.54 Å². The zero-order valence-corrected chi connectivity index (χ0v) is 11.7. The minimum absolute atomic E-state index is 0.129. The number of nitrogens with zero attached hydrogens (tertiary/aromatic N) is 2. The van der Waals surface area contributed by atoms with Gasteiger partial charge in [-0.1, -0.05) is 41.1 Å². The number of nitrogens with two attached hydrogens (primary N) is 1. The number of anilines is 1. The molecule has 0 saturated carbocycles. The van der Waals surface area contributed by atoms with Crippen molar-refractivity contribution in [3.8, 4) is 0 Å². The van der Waals surface area contributed by atoms with Crippen molar-refractivity contribution in [3.63, 3.8) is 0 Å². The fraction of sp³-hybridized carbons (Fsp3) is 0.188. The van der Waals surface area contributed by atoms with E-state index in [9.17, 15) is 0 Å². The van der Waals surface area contributed by atoms with E-state index in [1.165, 1.54) is 5.56 Å². The van der Waals surface area contributed by atoms with Crippen LogP contribution in [0.15, 0.2) is 53.7 Å². The van der Waals surface area contributed by atoms with Crippen molar-refractivity contribution in [2.24, 2.45) is 10.9 Å². The van der Waals surface area contributed by atoms with E-state index in [-0.39, 0.29) is 5.84 Å². The standard InChI is InChI=1S/C16H19N3O/c1-12-6-8-15(9-7-12)19(2)11-13-4-3-5-14(10-13)16(17)18-20/h3-10,20H,11H2,1-2H3,(H2,17,18). The highest BCUT2D eigenvalue weighted by molar-refractivity contribution is 5.97. The average molecular weight is 269 g/mol. The van der Waals surface area contributed by atoms with Crippen LogP contribution in [0, 0.1) is 6.92 Å². The zero-order chi connectivity index (χ0) is 14.5. The highest BCUT2D eigenvalue weighted by Gasteiger charge is 2.04. The number of hydrogen-bond donors (Lipinski definition) is 2. The SMILES string of the molecule is Cc1ccc(N(C)Cc2cccc(C(N)=NO)c2)cc1. The first-order valence-electron chi connectivity index (χ1n) is 6.45. The number of hydrogen-bond acceptors (Lipinski definition) is 3.